The number of rotatable bonds is 1. The van der Waals surface area contributed by atoms with Gasteiger partial charge in [-0.2, -0.15) is 0 Å². The minimum atomic E-state index is 1.12. The molecule has 0 N–H and O–H groups in total. The summed E-state index contributed by atoms with van der Waals surface area (Å²) in [6.07, 6.45) is 12.4. The highest BCUT2D eigenvalue weighted by atomic mass is 13.9. The predicted octanol–water partition coefficient (Wildman–Crippen LogP) is 2.03. The molecule has 0 unspecified atom stereocenters. The lowest BCUT2D eigenvalue weighted by molar-refractivity contribution is 1.62. The van der Waals surface area contributed by atoms with Gasteiger partial charge in [-0.1, -0.05) is 6.58 Å². The highest BCUT2D eigenvalue weighted by Gasteiger charge is 1.93. The van der Waals surface area contributed by atoms with Gasteiger partial charge in [-0.3, -0.25) is 0 Å². The summed E-state index contributed by atoms with van der Waals surface area (Å²) in [4.78, 5) is 0. The molecular weight excluding hydrogens is 96.1 g/mol. The van der Waals surface area contributed by atoms with Crippen molar-refractivity contribution in [1.82, 2.24) is 0 Å². The topological polar surface area (TPSA) is 0 Å². The van der Waals surface area contributed by atoms with Crippen molar-refractivity contribution in [2.24, 2.45) is 0 Å². The van der Waals surface area contributed by atoms with E-state index in [1.807, 2.05) is 24.3 Å². The molecule has 0 heteroatoms. The molecule has 0 aromatic heterocycles. The second-order valence-electron chi connectivity index (χ2n) is 1.54. The van der Waals surface area contributed by atoms with E-state index in [1.165, 1.54) is 0 Å². The zero-order valence-corrected chi connectivity index (χ0v) is 4.59. The smallest absolute Gasteiger partial charge is 0.0851 e. The van der Waals surface area contributed by atoms with Gasteiger partial charge in [0.05, 0.1) is 11.6 Å². The van der Waals surface area contributed by atoms with Crippen molar-refractivity contribution >= 4 is 0 Å². The van der Waals surface area contributed by atoms with Crippen LogP contribution in [-0.4, -0.2) is 0 Å². The van der Waals surface area contributed by atoms with Crippen molar-refractivity contribution in [2.45, 2.75) is 0 Å². The lowest BCUT2D eigenvalue weighted by atomic mass is 10.2. The van der Waals surface area contributed by atoms with Crippen LogP contribution in [0.2, 0.25) is 0 Å². The molecule has 1 rings (SSSR count). The first kappa shape index (κ1) is 5.02. The third-order valence-electron chi connectivity index (χ3n) is 0.967. The number of hydrogen-bond donors (Lipinski definition) is 0. The maximum atomic E-state index is 3.61. The molecule has 0 bridgehead atoms. The molecule has 0 atom stereocenters. The average Bonchev–Trinajstić information content (AvgIpc) is 1.90. The Bertz CT molecular complexity index is 168. The summed E-state index contributed by atoms with van der Waals surface area (Å²) < 4.78 is 0. The van der Waals surface area contributed by atoms with E-state index < -0.39 is 0 Å². The standard InChI is InChI=1S/C8H7/c1-2-8-6-4-3-5-7-8/h2-4,6-7H,1H2/q+1. The van der Waals surface area contributed by atoms with E-state index >= 15 is 0 Å². The third kappa shape index (κ3) is 0.927. The van der Waals surface area contributed by atoms with E-state index in [4.69, 9.17) is 0 Å². The molecule has 0 heterocycles. The van der Waals surface area contributed by atoms with Crippen LogP contribution in [0.3, 0.4) is 0 Å². The molecule has 0 nitrogen and oxygen atoms in total. The van der Waals surface area contributed by atoms with Crippen molar-refractivity contribution in [3.8, 4) is 0 Å². The van der Waals surface area contributed by atoms with Gasteiger partial charge >= 0.3 is 0 Å². The van der Waals surface area contributed by atoms with E-state index in [9.17, 15) is 0 Å². The van der Waals surface area contributed by atoms with Gasteiger partial charge in [0.25, 0.3) is 0 Å². The summed E-state index contributed by atoms with van der Waals surface area (Å²) in [7, 11) is 0. The summed E-state index contributed by atoms with van der Waals surface area (Å²) in [5.41, 5.74) is 1.12. The molecule has 0 fully saturated rings. The monoisotopic (exact) mass is 103 g/mol. The van der Waals surface area contributed by atoms with Crippen LogP contribution < -0.4 is 0 Å². The van der Waals surface area contributed by atoms with Crippen LogP contribution in [0.15, 0.2) is 42.5 Å². The highest BCUT2D eigenvalue weighted by Crippen LogP contribution is 2.01. The zero-order valence-electron chi connectivity index (χ0n) is 4.59. The molecule has 0 saturated carbocycles. The van der Waals surface area contributed by atoms with E-state index in [2.05, 4.69) is 12.7 Å². The lowest BCUT2D eigenvalue weighted by Gasteiger charge is -1.80. The first-order chi connectivity index (χ1) is 3.93. The first-order valence-electron chi connectivity index (χ1n) is 2.52. The molecule has 0 aromatic carbocycles. The van der Waals surface area contributed by atoms with E-state index in [0.717, 1.165) is 5.57 Å². The van der Waals surface area contributed by atoms with Gasteiger partial charge in [-0.05, 0) is 6.08 Å². The normalized spacial score (nSPS) is 14.8. The fourth-order valence-electron chi connectivity index (χ4n) is 0.534. The molecule has 0 spiro atoms. The van der Waals surface area contributed by atoms with Gasteiger partial charge in [0.2, 0.25) is 0 Å². The highest BCUT2D eigenvalue weighted by molar-refractivity contribution is 5.36. The Morgan fingerprint density at radius 3 is 2.88 bits per heavy atom. The van der Waals surface area contributed by atoms with Crippen LogP contribution in [-0.2, 0) is 0 Å². The van der Waals surface area contributed by atoms with Crippen molar-refractivity contribution in [1.29, 1.82) is 0 Å². The van der Waals surface area contributed by atoms with Gasteiger partial charge in [0, 0.05) is 12.2 Å². The number of allylic oxidation sites excluding steroid dienone is 7. The van der Waals surface area contributed by atoms with E-state index in [1.54, 1.807) is 6.08 Å². The average molecular weight is 103 g/mol. The fraction of sp³-hybridized carbons (Fsp3) is 0. The van der Waals surface area contributed by atoms with Crippen LogP contribution in [0, 0.1) is 6.08 Å². The second-order valence-corrected chi connectivity index (χ2v) is 1.54. The Kier molecular flexibility index (Phi) is 1.41. The Labute approximate surface area is 49.5 Å². The largest absolute Gasteiger partial charge is 0.110 e. The second kappa shape index (κ2) is 2.25. The van der Waals surface area contributed by atoms with Crippen LogP contribution in [0.5, 0.6) is 0 Å². The minimum absolute atomic E-state index is 1.12. The van der Waals surface area contributed by atoms with Crippen LogP contribution in [0.25, 0.3) is 0 Å². The summed E-state index contributed by atoms with van der Waals surface area (Å²) in [5, 5.41) is 0. The van der Waals surface area contributed by atoms with E-state index in [0.29, 0.717) is 0 Å². The molecule has 0 amide bonds. The maximum Gasteiger partial charge on any atom is 0.110 e. The van der Waals surface area contributed by atoms with E-state index in [-0.39, 0.29) is 0 Å². The summed E-state index contributed by atoms with van der Waals surface area (Å²) in [6.45, 7) is 3.61. The van der Waals surface area contributed by atoms with Crippen molar-refractivity contribution < 1.29 is 0 Å². The van der Waals surface area contributed by atoms with Crippen LogP contribution >= 0.6 is 0 Å². The van der Waals surface area contributed by atoms with Crippen LogP contribution in [0.1, 0.15) is 0 Å². The van der Waals surface area contributed by atoms with Gasteiger partial charge in [-0.25, -0.2) is 0 Å². The Morgan fingerprint density at radius 2 is 2.50 bits per heavy atom. The molecule has 0 radical (unpaired) electrons. The number of hydrogen-bond acceptors (Lipinski definition) is 0. The SMILES string of the molecule is C=CC1=CC=C[C+]=C1. The van der Waals surface area contributed by atoms with Crippen molar-refractivity contribution in [3.63, 3.8) is 0 Å². The summed E-state index contributed by atoms with van der Waals surface area (Å²) >= 11 is 0. The summed E-state index contributed by atoms with van der Waals surface area (Å²) in [5.74, 6) is 0. The quantitative estimate of drug-likeness (QED) is 0.445. The first-order valence-corrected chi connectivity index (χ1v) is 2.52. The van der Waals surface area contributed by atoms with Gasteiger partial charge < -0.3 is 0 Å². The van der Waals surface area contributed by atoms with Gasteiger partial charge in [-0.15, -0.1) is 0 Å². The molecule has 0 aromatic rings. The van der Waals surface area contributed by atoms with Gasteiger partial charge in [0.1, 0.15) is 12.2 Å². The molecule has 1 aliphatic carbocycles. The zero-order chi connectivity index (χ0) is 5.82. The molecule has 0 aliphatic heterocycles. The molecule has 38 valence electrons. The third-order valence-corrected chi connectivity index (χ3v) is 0.967. The molecular formula is C8H7+. The fourth-order valence-corrected chi connectivity index (χ4v) is 0.534. The van der Waals surface area contributed by atoms with Crippen LogP contribution in [0.4, 0.5) is 0 Å². The Hall–Kier alpha value is -1.13. The van der Waals surface area contributed by atoms with Gasteiger partial charge in [0.15, 0.2) is 0 Å². The molecule has 8 heavy (non-hydrogen) atoms. The Balaban J connectivity index is 2.82. The summed E-state index contributed by atoms with van der Waals surface area (Å²) in [6, 6.07) is 0. The predicted molar refractivity (Wildman–Crippen MR) is 35.2 cm³/mol. The minimum Gasteiger partial charge on any atom is -0.0851 e. The van der Waals surface area contributed by atoms with Crippen molar-refractivity contribution in [2.75, 3.05) is 0 Å². The lowest BCUT2D eigenvalue weighted by Crippen LogP contribution is -1.71. The molecule has 1 aliphatic rings. The van der Waals surface area contributed by atoms with Crippen molar-refractivity contribution in [3.05, 3.63) is 48.6 Å². The molecule has 0 saturated heterocycles. The maximum absolute atomic E-state index is 3.61. The Morgan fingerprint density at radius 1 is 1.62 bits per heavy atom.